The van der Waals surface area contributed by atoms with Crippen LogP contribution in [0.2, 0.25) is 5.02 Å². The monoisotopic (exact) mass is 535 g/mol. The number of nitrogens with one attached hydrogen (secondary N) is 1. The predicted molar refractivity (Wildman–Crippen MR) is 147 cm³/mol. The number of benzene rings is 2. The number of carbonyl (C=O) groups excluding carboxylic acids is 2. The highest BCUT2D eigenvalue weighted by atomic mass is 35.5. The fourth-order valence-corrected chi connectivity index (χ4v) is 5.31. The van der Waals surface area contributed by atoms with Gasteiger partial charge in [-0.15, -0.1) is 0 Å². The number of halogens is 1. The lowest BCUT2D eigenvalue weighted by atomic mass is 10.1. The van der Waals surface area contributed by atoms with Crippen molar-refractivity contribution in [1.82, 2.24) is 10.2 Å². The molecule has 0 aromatic heterocycles. The van der Waals surface area contributed by atoms with E-state index in [1.54, 1.807) is 30.0 Å². The van der Waals surface area contributed by atoms with Gasteiger partial charge in [0.15, 0.2) is 0 Å². The van der Waals surface area contributed by atoms with Crippen molar-refractivity contribution in [3.63, 3.8) is 0 Å². The molecule has 7 nitrogen and oxygen atoms in total. The van der Waals surface area contributed by atoms with E-state index in [9.17, 15) is 18.0 Å². The Morgan fingerprint density at radius 1 is 1.03 bits per heavy atom. The highest BCUT2D eigenvalue weighted by molar-refractivity contribution is 7.92. The first-order chi connectivity index (χ1) is 17.0. The first-order valence-electron chi connectivity index (χ1n) is 12.3. The largest absolute Gasteiger partial charge is 0.352 e. The van der Waals surface area contributed by atoms with E-state index in [2.05, 4.69) is 5.32 Å². The number of carbonyl (C=O) groups is 2. The molecule has 0 fully saturated rings. The van der Waals surface area contributed by atoms with E-state index in [0.29, 0.717) is 42.1 Å². The third-order valence-electron chi connectivity index (χ3n) is 5.96. The van der Waals surface area contributed by atoms with Crippen LogP contribution in [0.5, 0.6) is 0 Å². The van der Waals surface area contributed by atoms with E-state index in [4.69, 9.17) is 11.6 Å². The zero-order valence-corrected chi connectivity index (χ0v) is 23.4. The molecule has 2 rings (SSSR count). The van der Waals surface area contributed by atoms with Crippen LogP contribution in [0.4, 0.5) is 5.69 Å². The van der Waals surface area contributed by atoms with Gasteiger partial charge < -0.3 is 10.2 Å². The van der Waals surface area contributed by atoms with E-state index < -0.39 is 16.1 Å². The summed E-state index contributed by atoms with van der Waals surface area (Å²) in [6, 6.07) is 14.3. The van der Waals surface area contributed by atoms with Crippen molar-refractivity contribution in [2.75, 3.05) is 23.7 Å². The maximum Gasteiger partial charge on any atom is 0.242 e. The summed E-state index contributed by atoms with van der Waals surface area (Å²) in [5.41, 5.74) is 2.24. The Morgan fingerprint density at radius 3 is 2.28 bits per heavy atom. The van der Waals surface area contributed by atoms with E-state index in [1.165, 1.54) is 4.31 Å². The number of rotatable bonds is 13. The molecule has 2 aromatic carbocycles. The second-order valence-corrected chi connectivity index (χ2v) is 11.5. The molecule has 1 N–H and O–H groups in total. The van der Waals surface area contributed by atoms with Crippen LogP contribution in [-0.2, 0) is 26.0 Å². The molecule has 198 valence electrons. The molecule has 0 aliphatic heterocycles. The molecule has 0 aliphatic rings. The van der Waals surface area contributed by atoms with E-state index in [0.717, 1.165) is 11.8 Å². The van der Waals surface area contributed by atoms with Crippen molar-refractivity contribution in [3.05, 3.63) is 64.7 Å². The van der Waals surface area contributed by atoms with Gasteiger partial charge in [0, 0.05) is 30.6 Å². The predicted octanol–water partition coefficient (Wildman–Crippen LogP) is 4.57. The van der Waals surface area contributed by atoms with Gasteiger partial charge in [-0.05, 0) is 63.3 Å². The lowest BCUT2D eigenvalue weighted by Gasteiger charge is -2.31. The van der Waals surface area contributed by atoms with Gasteiger partial charge in [-0.2, -0.15) is 0 Å². The van der Waals surface area contributed by atoms with Crippen LogP contribution in [0.1, 0.15) is 51.2 Å². The fourth-order valence-electron chi connectivity index (χ4n) is 4.13. The maximum absolute atomic E-state index is 13.4. The minimum atomic E-state index is -3.58. The molecule has 2 amide bonds. The minimum absolute atomic E-state index is 0.0399. The summed E-state index contributed by atoms with van der Waals surface area (Å²) < 4.78 is 26.4. The van der Waals surface area contributed by atoms with Crippen molar-refractivity contribution >= 4 is 39.1 Å². The molecule has 1 atom stereocenters. The minimum Gasteiger partial charge on any atom is -0.352 e. The summed E-state index contributed by atoms with van der Waals surface area (Å²) in [6.45, 7) is 7.96. The molecule has 0 saturated carbocycles. The third kappa shape index (κ3) is 8.52. The molecule has 9 heteroatoms. The molecule has 0 radical (unpaired) electrons. The fraction of sp³-hybridized carbons (Fsp3) is 0.481. The van der Waals surface area contributed by atoms with Crippen molar-refractivity contribution in [2.24, 2.45) is 0 Å². The Hall–Kier alpha value is -2.58. The van der Waals surface area contributed by atoms with E-state index in [1.807, 2.05) is 51.1 Å². The summed E-state index contributed by atoms with van der Waals surface area (Å²) in [6.07, 6.45) is 2.67. The van der Waals surface area contributed by atoms with Gasteiger partial charge in [0.25, 0.3) is 0 Å². The van der Waals surface area contributed by atoms with Crippen LogP contribution < -0.4 is 9.62 Å². The second-order valence-electron chi connectivity index (χ2n) is 9.23. The van der Waals surface area contributed by atoms with Gasteiger partial charge in [0.2, 0.25) is 21.8 Å². The molecule has 0 spiro atoms. The summed E-state index contributed by atoms with van der Waals surface area (Å²) in [4.78, 5) is 27.9. The van der Waals surface area contributed by atoms with Crippen molar-refractivity contribution in [2.45, 2.75) is 65.5 Å². The lowest BCUT2D eigenvalue weighted by Crippen LogP contribution is -2.51. The van der Waals surface area contributed by atoms with Crippen molar-refractivity contribution in [1.29, 1.82) is 0 Å². The Morgan fingerprint density at radius 2 is 1.69 bits per heavy atom. The highest BCUT2D eigenvalue weighted by Crippen LogP contribution is 2.28. The van der Waals surface area contributed by atoms with Gasteiger partial charge >= 0.3 is 0 Å². The standard InChI is InChI=1S/C27H38ClN3O4S/c1-6-24(27(33)29-20(2)3)30(19-17-22-12-8-7-9-13-22)26(32)16-11-18-31(36(5,34)35)25-15-10-14-23(28)21(25)4/h7-10,12-15,20,24H,6,11,16-19H2,1-5H3,(H,29,33)/t24-/m0/s1. The summed E-state index contributed by atoms with van der Waals surface area (Å²) in [5.74, 6) is -0.353. The Kier molecular flexibility index (Phi) is 11.2. The average Bonchev–Trinajstić information content (AvgIpc) is 2.80. The summed E-state index contributed by atoms with van der Waals surface area (Å²) in [5, 5.41) is 3.40. The number of hydrogen-bond acceptors (Lipinski definition) is 4. The quantitative estimate of drug-likeness (QED) is 0.407. The van der Waals surface area contributed by atoms with Gasteiger partial charge in [-0.3, -0.25) is 13.9 Å². The van der Waals surface area contributed by atoms with E-state index >= 15 is 0 Å². The molecule has 0 bridgehead atoms. The van der Waals surface area contributed by atoms with Gasteiger partial charge in [0.05, 0.1) is 11.9 Å². The molecular formula is C27H38ClN3O4S. The van der Waals surface area contributed by atoms with Crippen LogP contribution in [0.15, 0.2) is 48.5 Å². The first kappa shape index (κ1) is 29.6. The van der Waals surface area contributed by atoms with Crippen LogP contribution >= 0.6 is 11.6 Å². The van der Waals surface area contributed by atoms with Crippen molar-refractivity contribution in [3.8, 4) is 0 Å². The zero-order chi connectivity index (χ0) is 26.9. The Labute approximate surface area is 220 Å². The third-order valence-corrected chi connectivity index (χ3v) is 7.55. The molecule has 0 heterocycles. The highest BCUT2D eigenvalue weighted by Gasteiger charge is 2.29. The molecule has 2 aromatic rings. The first-order valence-corrected chi connectivity index (χ1v) is 14.5. The van der Waals surface area contributed by atoms with Gasteiger partial charge in [-0.1, -0.05) is 54.9 Å². The lowest BCUT2D eigenvalue weighted by molar-refractivity contribution is -0.141. The second kappa shape index (κ2) is 13.7. The molecule has 0 unspecified atom stereocenters. The van der Waals surface area contributed by atoms with Gasteiger partial charge in [0.1, 0.15) is 6.04 Å². The Bertz CT molecular complexity index is 1120. The maximum atomic E-state index is 13.4. The SMILES string of the molecule is CC[C@@H](C(=O)NC(C)C)N(CCc1ccccc1)C(=O)CCCN(c1cccc(Cl)c1C)S(C)(=O)=O. The number of sulfonamides is 1. The summed E-state index contributed by atoms with van der Waals surface area (Å²) in [7, 11) is -3.58. The Balaban J connectivity index is 2.19. The van der Waals surface area contributed by atoms with Crippen LogP contribution in [0.3, 0.4) is 0 Å². The normalized spacial score (nSPS) is 12.3. The van der Waals surface area contributed by atoms with Crippen LogP contribution in [0, 0.1) is 6.92 Å². The number of amides is 2. The molecule has 0 aliphatic carbocycles. The molecule has 36 heavy (non-hydrogen) atoms. The van der Waals surface area contributed by atoms with Crippen LogP contribution in [0.25, 0.3) is 0 Å². The van der Waals surface area contributed by atoms with E-state index in [-0.39, 0.29) is 30.8 Å². The molecular weight excluding hydrogens is 498 g/mol. The van der Waals surface area contributed by atoms with Gasteiger partial charge in [-0.25, -0.2) is 8.42 Å². The van der Waals surface area contributed by atoms with Crippen molar-refractivity contribution < 1.29 is 18.0 Å². The van der Waals surface area contributed by atoms with Crippen LogP contribution in [-0.4, -0.2) is 56.6 Å². The number of anilines is 1. The average molecular weight is 536 g/mol. The number of nitrogens with zero attached hydrogens (tertiary/aromatic N) is 2. The smallest absolute Gasteiger partial charge is 0.242 e. The number of hydrogen-bond donors (Lipinski definition) is 1. The zero-order valence-electron chi connectivity index (χ0n) is 21.8. The molecule has 0 saturated heterocycles. The summed E-state index contributed by atoms with van der Waals surface area (Å²) >= 11 is 6.22. The topological polar surface area (TPSA) is 86.8 Å².